The van der Waals surface area contributed by atoms with Gasteiger partial charge in [-0.2, -0.15) is 11.8 Å². The quantitative estimate of drug-likeness (QED) is 0.510. The summed E-state index contributed by atoms with van der Waals surface area (Å²) < 4.78 is 5.50. The predicted octanol–water partition coefficient (Wildman–Crippen LogP) is 2.04. The van der Waals surface area contributed by atoms with E-state index in [1.54, 1.807) is 23.9 Å². The predicted molar refractivity (Wildman–Crippen MR) is 79.5 cm³/mol. The molecule has 1 aromatic carbocycles. The highest BCUT2D eigenvalue weighted by Gasteiger charge is 2.15. The zero-order valence-electron chi connectivity index (χ0n) is 10.8. The molecule has 110 valence electrons. The Bertz CT molecular complexity index is 444. The van der Waals surface area contributed by atoms with Gasteiger partial charge in [-0.1, -0.05) is 23.7 Å². The van der Waals surface area contributed by atoms with Gasteiger partial charge in [-0.05, 0) is 24.3 Å². The van der Waals surface area contributed by atoms with Crippen molar-refractivity contribution in [1.82, 2.24) is 5.32 Å². The van der Waals surface area contributed by atoms with Gasteiger partial charge in [-0.15, -0.1) is 0 Å². The minimum atomic E-state index is -1.02. The van der Waals surface area contributed by atoms with Gasteiger partial charge in [0.1, 0.15) is 11.8 Å². The Hall–Kier alpha value is -1.40. The Morgan fingerprint density at radius 2 is 2.20 bits per heavy atom. The monoisotopic (exact) mass is 317 g/mol. The number of ether oxygens (including phenoxy) is 1. The van der Waals surface area contributed by atoms with Crippen LogP contribution in [0.15, 0.2) is 24.3 Å². The second-order valence-electron chi connectivity index (χ2n) is 3.86. The summed E-state index contributed by atoms with van der Waals surface area (Å²) in [6.07, 6.45) is 0.787. The van der Waals surface area contributed by atoms with Gasteiger partial charge in [-0.3, -0.25) is 4.79 Å². The second-order valence-corrected chi connectivity index (χ2v) is 5.49. The van der Waals surface area contributed by atoms with Crippen LogP contribution in [-0.4, -0.2) is 41.6 Å². The van der Waals surface area contributed by atoms with Gasteiger partial charge in [0.05, 0.1) is 11.6 Å². The van der Waals surface area contributed by atoms with Crippen molar-refractivity contribution < 1.29 is 19.4 Å². The maximum atomic E-state index is 10.8. The molecule has 1 aromatic rings. The number of amides is 1. The minimum Gasteiger partial charge on any atom is -0.491 e. The molecule has 0 aromatic heterocycles. The number of carbonyl (C=O) groups is 2. The van der Waals surface area contributed by atoms with Gasteiger partial charge in [0.2, 0.25) is 6.41 Å². The first-order chi connectivity index (χ1) is 9.65. The van der Waals surface area contributed by atoms with Crippen LogP contribution in [0.4, 0.5) is 0 Å². The summed E-state index contributed by atoms with van der Waals surface area (Å²) in [4.78, 5) is 21.0. The molecule has 0 aliphatic heterocycles. The molecule has 0 aliphatic carbocycles. The maximum Gasteiger partial charge on any atom is 0.326 e. The van der Waals surface area contributed by atoms with E-state index in [-0.39, 0.29) is 0 Å². The molecule has 0 radical (unpaired) electrons. The van der Waals surface area contributed by atoms with E-state index in [9.17, 15) is 9.59 Å². The largest absolute Gasteiger partial charge is 0.491 e. The maximum absolute atomic E-state index is 10.8. The fraction of sp³-hybridized carbons (Fsp3) is 0.385. The molecular weight excluding hydrogens is 302 g/mol. The average Bonchev–Trinajstić information content (AvgIpc) is 2.43. The van der Waals surface area contributed by atoms with E-state index >= 15 is 0 Å². The number of carbonyl (C=O) groups excluding carboxylic acids is 1. The number of thioether (sulfide) groups is 1. The molecule has 1 amide bonds. The molecule has 5 nitrogen and oxygen atoms in total. The molecule has 1 rings (SSSR count). The highest BCUT2D eigenvalue weighted by atomic mass is 35.5. The molecule has 7 heteroatoms. The highest BCUT2D eigenvalue weighted by molar-refractivity contribution is 7.99. The summed E-state index contributed by atoms with van der Waals surface area (Å²) in [5.41, 5.74) is 0. The molecule has 0 bridgehead atoms. The number of hydrogen-bond donors (Lipinski definition) is 2. The van der Waals surface area contributed by atoms with Crippen molar-refractivity contribution in [2.75, 3.05) is 18.1 Å². The van der Waals surface area contributed by atoms with E-state index in [4.69, 9.17) is 21.4 Å². The van der Waals surface area contributed by atoms with E-state index in [0.717, 1.165) is 5.75 Å². The van der Waals surface area contributed by atoms with Crippen LogP contribution < -0.4 is 10.1 Å². The number of rotatable bonds is 10. The molecular formula is C13H16ClNO4S. The Balaban J connectivity index is 2.14. The average molecular weight is 318 g/mol. The number of carboxylic acids is 1. The van der Waals surface area contributed by atoms with E-state index in [1.165, 1.54) is 0 Å². The van der Waals surface area contributed by atoms with Crippen molar-refractivity contribution in [3.05, 3.63) is 29.3 Å². The third-order valence-electron chi connectivity index (χ3n) is 2.44. The number of carboxylic acid groups (broad SMARTS) is 1. The van der Waals surface area contributed by atoms with Crippen molar-refractivity contribution in [2.24, 2.45) is 0 Å². The Morgan fingerprint density at radius 3 is 2.85 bits per heavy atom. The Kier molecular flexibility index (Phi) is 7.91. The first-order valence-corrected chi connectivity index (χ1v) is 7.56. The van der Waals surface area contributed by atoms with Crippen molar-refractivity contribution in [2.45, 2.75) is 12.5 Å². The number of aliphatic carboxylic acids is 1. The molecule has 1 unspecified atom stereocenters. The van der Waals surface area contributed by atoms with E-state index in [2.05, 4.69) is 5.32 Å². The van der Waals surface area contributed by atoms with Crippen molar-refractivity contribution in [3.63, 3.8) is 0 Å². The van der Waals surface area contributed by atoms with Crippen LogP contribution in [-0.2, 0) is 9.59 Å². The van der Waals surface area contributed by atoms with Gasteiger partial charge in [0, 0.05) is 5.75 Å². The number of nitrogens with one attached hydrogen (secondary N) is 1. The zero-order valence-corrected chi connectivity index (χ0v) is 12.3. The van der Waals surface area contributed by atoms with Gasteiger partial charge >= 0.3 is 5.97 Å². The summed E-state index contributed by atoms with van der Waals surface area (Å²) in [5.74, 6) is 0.966. The SMILES string of the molecule is O=CNC(CCSCCOc1ccccc1Cl)C(=O)O. The van der Waals surface area contributed by atoms with Crippen LogP contribution in [0.5, 0.6) is 5.75 Å². The standard InChI is InChI=1S/C13H16ClNO4S/c14-10-3-1-2-4-12(10)19-6-8-20-7-5-11(13(17)18)15-9-16/h1-4,9,11H,5-8H2,(H,15,16)(H,17,18). The third kappa shape index (κ3) is 6.16. The van der Waals surface area contributed by atoms with Gasteiger partial charge in [0.25, 0.3) is 0 Å². The topological polar surface area (TPSA) is 75.6 Å². The molecule has 0 spiro atoms. The van der Waals surface area contributed by atoms with Gasteiger partial charge in [0.15, 0.2) is 0 Å². The minimum absolute atomic E-state index is 0.380. The number of para-hydroxylation sites is 1. The number of hydrogen-bond acceptors (Lipinski definition) is 4. The van der Waals surface area contributed by atoms with Gasteiger partial charge < -0.3 is 15.2 Å². The molecule has 20 heavy (non-hydrogen) atoms. The smallest absolute Gasteiger partial charge is 0.326 e. The number of benzene rings is 1. The van der Waals surface area contributed by atoms with Crippen LogP contribution in [0, 0.1) is 0 Å². The van der Waals surface area contributed by atoms with E-state index in [1.807, 2.05) is 12.1 Å². The summed E-state index contributed by atoms with van der Waals surface area (Å²) >= 11 is 7.50. The zero-order chi connectivity index (χ0) is 14.8. The molecule has 0 heterocycles. The lowest BCUT2D eigenvalue weighted by molar-refractivity contribution is -0.140. The first-order valence-electron chi connectivity index (χ1n) is 6.02. The molecule has 2 N–H and O–H groups in total. The summed E-state index contributed by atoms with van der Waals surface area (Å²) in [7, 11) is 0. The van der Waals surface area contributed by atoms with Crippen LogP contribution in [0.25, 0.3) is 0 Å². The number of halogens is 1. The highest BCUT2D eigenvalue weighted by Crippen LogP contribution is 2.23. The summed E-state index contributed by atoms with van der Waals surface area (Å²) in [6.45, 7) is 0.493. The second kappa shape index (κ2) is 9.50. The molecule has 0 fully saturated rings. The lowest BCUT2D eigenvalue weighted by Gasteiger charge is -2.11. The Morgan fingerprint density at radius 1 is 1.45 bits per heavy atom. The first kappa shape index (κ1) is 16.7. The van der Waals surface area contributed by atoms with Crippen molar-refractivity contribution in [3.8, 4) is 5.75 Å². The lowest BCUT2D eigenvalue weighted by Crippen LogP contribution is -2.36. The summed E-state index contributed by atoms with van der Waals surface area (Å²) in [5, 5.41) is 11.6. The summed E-state index contributed by atoms with van der Waals surface area (Å²) in [6, 6.07) is 6.39. The molecule has 0 aliphatic rings. The van der Waals surface area contributed by atoms with Crippen LogP contribution in [0.2, 0.25) is 5.02 Å². The van der Waals surface area contributed by atoms with Gasteiger partial charge in [-0.25, -0.2) is 4.79 Å². The molecule has 1 atom stereocenters. The fourth-order valence-electron chi connectivity index (χ4n) is 1.44. The van der Waals surface area contributed by atoms with Crippen molar-refractivity contribution in [1.29, 1.82) is 0 Å². The van der Waals surface area contributed by atoms with Crippen LogP contribution >= 0.6 is 23.4 Å². The van der Waals surface area contributed by atoms with Crippen LogP contribution in [0.1, 0.15) is 6.42 Å². The molecule has 0 saturated heterocycles. The lowest BCUT2D eigenvalue weighted by atomic mass is 10.2. The van der Waals surface area contributed by atoms with E-state index in [0.29, 0.717) is 36.0 Å². The van der Waals surface area contributed by atoms with Crippen LogP contribution in [0.3, 0.4) is 0 Å². The fourth-order valence-corrected chi connectivity index (χ4v) is 2.43. The normalized spacial score (nSPS) is 11.7. The Labute approximate surface area is 126 Å². The van der Waals surface area contributed by atoms with E-state index < -0.39 is 12.0 Å². The van der Waals surface area contributed by atoms with Crippen molar-refractivity contribution >= 4 is 35.7 Å². The third-order valence-corrected chi connectivity index (χ3v) is 3.73. The molecule has 0 saturated carbocycles.